The van der Waals surface area contributed by atoms with E-state index in [-0.39, 0.29) is 4.88 Å². The monoisotopic (exact) mass is 256 g/mol. The highest BCUT2D eigenvalue weighted by molar-refractivity contribution is 7.21. The summed E-state index contributed by atoms with van der Waals surface area (Å²) < 4.78 is 6.17. The largest absolute Gasteiger partial charge is 0.494 e. The van der Waals surface area contributed by atoms with Gasteiger partial charge in [-0.15, -0.1) is 11.3 Å². The Balaban J connectivity index is 2.58. The van der Waals surface area contributed by atoms with Gasteiger partial charge >= 0.3 is 5.97 Å². The van der Waals surface area contributed by atoms with E-state index in [4.69, 9.17) is 21.4 Å². The van der Waals surface area contributed by atoms with Gasteiger partial charge in [0, 0.05) is 10.1 Å². The van der Waals surface area contributed by atoms with Crippen LogP contribution in [0.1, 0.15) is 16.6 Å². The van der Waals surface area contributed by atoms with E-state index in [0.717, 1.165) is 27.2 Å². The smallest absolute Gasteiger partial charge is 0.347 e. The van der Waals surface area contributed by atoms with Gasteiger partial charge in [0.2, 0.25) is 0 Å². The fourth-order valence-electron chi connectivity index (χ4n) is 1.44. The van der Waals surface area contributed by atoms with E-state index in [1.54, 1.807) is 12.1 Å². The molecule has 0 spiro atoms. The number of rotatable bonds is 3. The van der Waals surface area contributed by atoms with Crippen molar-refractivity contribution in [3.63, 3.8) is 0 Å². The molecule has 0 saturated heterocycles. The summed E-state index contributed by atoms with van der Waals surface area (Å²) in [6.07, 6.45) is 0. The van der Waals surface area contributed by atoms with Crippen LogP contribution in [-0.4, -0.2) is 17.7 Å². The molecule has 0 aliphatic rings. The second-order valence-electron chi connectivity index (χ2n) is 3.14. The molecule has 2 rings (SSSR count). The molecule has 1 N–H and O–H groups in total. The molecule has 0 fully saturated rings. The fourth-order valence-corrected chi connectivity index (χ4v) is 2.82. The zero-order chi connectivity index (χ0) is 11.7. The van der Waals surface area contributed by atoms with Crippen LogP contribution < -0.4 is 4.74 Å². The Labute approximate surface area is 101 Å². The minimum Gasteiger partial charge on any atom is -0.494 e. The highest BCUT2D eigenvalue weighted by atomic mass is 35.5. The third kappa shape index (κ3) is 1.86. The molecular formula is C11H9ClO3S. The number of carbonyl (C=O) groups is 1. The highest BCUT2D eigenvalue weighted by Gasteiger charge is 2.16. The van der Waals surface area contributed by atoms with Gasteiger partial charge in [-0.25, -0.2) is 4.79 Å². The molecule has 0 unspecified atom stereocenters. The number of carboxylic acids is 1. The third-order valence-electron chi connectivity index (χ3n) is 2.11. The Morgan fingerprint density at radius 1 is 1.56 bits per heavy atom. The van der Waals surface area contributed by atoms with Gasteiger partial charge in [-0.3, -0.25) is 0 Å². The van der Waals surface area contributed by atoms with E-state index < -0.39 is 5.97 Å². The Kier molecular flexibility index (Phi) is 3.03. The van der Waals surface area contributed by atoms with Gasteiger partial charge in [-0.2, -0.15) is 0 Å². The first-order valence-electron chi connectivity index (χ1n) is 4.71. The quantitative estimate of drug-likeness (QED) is 0.912. The molecule has 0 bridgehead atoms. The van der Waals surface area contributed by atoms with Crippen molar-refractivity contribution >= 4 is 39.0 Å². The molecule has 0 atom stereocenters. The van der Waals surface area contributed by atoms with E-state index in [1.807, 2.05) is 13.0 Å². The maximum Gasteiger partial charge on any atom is 0.347 e. The first kappa shape index (κ1) is 11.2. The molecule has 16 heavy (non-hydrogen) atoms. The summed E-state index contributed by atoms with van der Waals surface area (Å²) in [5.74, 6) is -0.269. The van der Waals surface area contributed by atoms with Crippen molar-refractivity contribution in [2.24, 2.45) is 0 Å². The third-order valence-corrected chi connectivity index (χ3v) is 3.75. The van der Waals surface area contributed by atoms with Gasteiger partial charge in [0.05, 0.1) is 11.6 Å². The zero-order valence-corrected chi connectivity index (χ0v) is 10.1. The van der Waals surface area contributed by atoms with E-state index >= 15 is 0 Å². The molecule has 3 nitrogen and oxygen atoms in total. The second-order valence-corrected chi connectivity index (χ2v) is 4.57. The molecule has 0 aliphatic heterocycles. The number of hydrogen-bond acceptors (Lipinski definition) is 3. The van der Waals surface area contributed by atoms with Crippen LogP contribution in [0.25, 0.3) is 10.1 Å². The maximum atomic E-state index is 10.9. The topological polar surface area (TPSA) is 46.5 Å². The van der Waals surface area contributed by atoms with Crippen LogP contribution in [-0.2, 0) is 0 Å². The van der Waals surface area contributed by atoms with Crippen molar-refractivity contribution in [1.82, 2.24) is 0 Å². The van der Waals surface area contributed by atoms with Crippen LogP contribution in [0.2, 0.25) is 5.02 Å². The zero-order valence-electron chi connectivity index (χ0n) is 8.49. The molecule has 0 aliphatic carbocycles. The Hall–Kier alpha value is -1.26. The molecule has 0 amide bonds. The van der Waals surface area contributed by atoms with E-state index in [1.165, 1.54) is 0 Å². The molecular weight excluding hydrogens is 248 g/mol. The lowest BCUT2D eigenvalue weighted by Gasteiger charge is -2.01. The number of hydrogen-bond donors (Lipinski definition) is 1. The van der Waals surface area contributed by atoms with Crippen LogP contribution in [0.3, 0.4) is 0 Å². The van der Waals surface area contributed by atoms with E-state index in [9.17, 15) is 4.79 Å². The van der Waals surface area contributed by atoms with Crippen molar-refractivity contribution in [3.8, 4) is 5.75 Å². The Morgan fingerprint density at radius 3 is 2.94 bits per heavy atom. The number of thiophene rings is 1. The summed E-state index contributed by atoms with van der Waals surface area (Å²) >= 11 is 7.13. The molecule has 5 heteroatoms. The first-order valence-corrected chi connectivity index (χ1v) is 5.91. The molecule has 1 aromatic carbocycles. The average molecular weight is 257 g/mol. The molecule has 1 heterocycles. The highest BCUT2D eigenvalue weighted by Crippen LogP contribution is 2.37. The van der Waals surface area contributed by atoms with Crippen LogP contribution in [0.4, 0.5) is 0 Å². The van der Waals surface area contributed by atoms with Crippen molar-refractivity contribution in [2.75, 3.05) is 6.61 Å². The van der Waals surface area contributed by atoms with Crippen molar-refractivity contribution in [1.29, 1.82) is 0 Å². The summed E-state index contributed by atoms with van der Waals surface area (Å²) in [5, 5.41) is 9.99. The van der Waals surface area contributed by atoms with E-state index in [0.29, 0.717) is 11.6 Å². The normalized spacial score (nSPS) is 10.6. The summed E-state index contributed by atoms with van der Waals surface area (Å²) in [7, 11) is 0. The van der Waals surface area contributed by atoms with Gasteiger partial charge in [0.25, 0.3) is 0 Å². The summed E-state index contributed by atoms with van der Waals surface area (Å²) in [6.45, 7) is 2.48. The SMILES string of the molecule is CCOc1ccc2c(Cl)c(C(=O)O)sc2c1. The Bertz CT molecular complexity index is 547. The van der Waals surface area contributed by atoms with Crippen LogP contribution in [0, 0.1) is 0 Å². The van der Waals surface area contributed by atoms with Gasteiger partial charge in [0.15, 0.2) is 0 Å². The van der Waals surface area contributed by atoms with Crippen LogP contribution in [0.15, 0.2) is 18.2 Å². The summed E-state index contributed by atoms with van der Waals surface area (Å²) in [6, 6.07) is 5.38. The average Bonchev–Trinajstić information content (AvgIpc) is 2.56. The van der Waals surface area contributed by atoms with Crippen LogP contribution >= 0.6 is 22.9 Å². The second kappa shape index (κ2) is 4.31. The lowest BCUT2D eigenvalue weighted by atomic mass is 10.2. The fraction of sp³-hybridized carbons (Fsp3) is 0.182. The number of aromatic carboxylic acids is 1. The number of fused-ring (bicyclic) bond motifs is 1. The van der Waals surface area contributed by atoms with Gasteiger partial charge < -0.3 is 9.84 Å². The standard InChI is InChI=1S/C11H9ClO3S/c1-2-15-6-3-4-7-8(5-6)16-10(9(7)12)11(13)14/h3-5H,2H2,1H3,(H,13,14). The van der Waals surface area contributed by atoms with Crippen LogP contribution in [0.5, 0.6) is 5.75 Å². The van der Waals surface area contributed by atoms with Gasteiger partial charge in [-0.1, -0.05) is 11.6 Å². The number of ether oxygens (including phenoxy) is 1. The first-order chi connectivity index (χ1) is 7.63. The van der Waals surface area contributed by atoms with Gasteiger partial charge in [0.1, 0.15) is 10.6 Å². The minimum absolute atomic E-state index is 0.172. The lowest BCUT2D eigenvalue weighted by molar-refractivity contribution is 0.0702. The number of carboxylic acid groups (broad SMARTS) is 1. The molecule has 0 saturated carbocycles. The Morgan fingerprint density at radius 2 is 2.31 bits per heavy atom. The predicted molar refractivity (Wildman–Crippen MR) is 65.0 cm³/mol. The molecule has 1 aromatic heterocycles. The number of halogens is 1. The molecule has 0 radical (unpaired) electrons. The van der Waals surface area contributed by atoms with E-state index in [2.05, 4.69) is 0 Å². The molecule has 84 valence electrons. The van der Waals surface area contributed by atoms with Gasteiger partial charge in [-0.05, 0) is 25.1 Å². The minimum atomic E-state index is -0.996. The summed E-state index contributed by atoms with van der Waals surface area (Å²) in [5.41, 5.74) is 0. The van der Waals surface area contributed by atoms with Crippen molar-refractivity contribution in [3.05, 3.63) is 28.1 Å². The van der Waals surface area contributed by atoms with Crippen molar-refractivity contribution < 1.29 is 14.6 Å². The summed E-state index contributed by atoms with van der Waals surface area (Å²) in [4.78, 5) is 11.1. The predicted octanol–water partition coefficient (Wildman–Crippen LogP) is 3.65. The lowest BCUT2D eigenvalue weighted by Crippen LogP contribution is -1.91. The number of benzene rings is 1. The molecule has 2 aromatic rings. The maximum absolute atomic E-state index is 10.9. The van der Waals surface area contributed by atoms with Crippen molar-refractivity contribution in [2.45, 2.75) is 6.92 Å².